The number of benzene rings is 1. The van der Waals surface area contributed by atoms with Gasteiger partial charge in [-0.15, -0.1) is 5.10 Å². The molecule has 1 heterocycles. The third kappa shape index (κ3) is 4.10. The number of amides is 1. The van der Waals surface area contributed by atoms with Crippen molar-refractivity contribution in [3.05, 3.63) is 41.0 Å². The molecule has 1 aromatic carbocycles. The number of halogens is 1. The summed E-state index contributed by atoms with van der Waals surface area (Å²) in [6.45, 7) is 5.70. The molecular weight excluding hydrogens is 346 g/mol. The zero-order valence-electron chi connectivity index (χ0n) is 12.9. The Hall–Kier alpha value is -1.82. The molecule has 0 spiro atoms. The van der Waals surface area contributed by atoms with E-state index in [0.29, 0.717) is 10.4 Å². The van der Waals surface area contributed by atoms with E-state index in [4.69, 9.17) is 4.74 Å². The van der Waals surface area contributed by atoms with E-state index in [1.807, 2.05) is 50.4 Å². The lowest BCUT2D eigenvalue weighted by Crippen LogP contribution is -2.41. The van der Waals surface area contributed by atoms with Gasteiger partial charge in [-0.3, -0.25) is 4.79 Å². The number of nitrogens with zero attached hydrogens (tertiary/aromatic N) is 2. The van der Waals surface area contributed by atoms with E-state index in [-0.39, 0.29) is 11.9 Å². The molecule has 0 aliphatic heterocycles. The van der Waals surface area contributed by atoms with Crippen molar-refractivity contribution >= 4 is 21.8 Å². The van der Waals surface area contributed by atoms with Gasteiger partial charge >= 0.3 is 0 Å². The molecule has 1 aromatic heterocycles. The average Bonchev–Trinajstić information content (AvgIpc) is 2.89. The Morgan fingerprint density at radius 3 is 2.68 bits per heavy atom. The first-order valence-electron chi connectivity index (χ1n) is 7.29. The topological polar surface area (TPSA) is 56.1 Å². The summed E-state index contributed by atoms with van der Waals surface area (Å²) in [7, 11) is 0. The molecule has 22 heavy (non-hydrogen) atoms. The monoisotopic (exact) mass is 365 g/mol. The largest absolute Gasteiger partial charge is 0.463 e. The van der Waals surface area contributed by atoms with Crippen molar-refractivity contribution in [3.63, 3.8) is 0 Å². The normalized spacial score (nSPS) is 13.5. The predicted octanol–water partition coefficient (Wildman–Crippen LogP) is 3.32. The fourth-order valence-electron chi connectivity index (χ4n) is 1.81. The Bertz CT molecular complexity index is 628. The van der Waals surface area contributed by atoms with Gasteiger partial charge in [0.2, 0.25) is 5.88 Å². The molecule has 5 nitrogen and oxygen atoms in total. The van der Waals surface area contributed by atoms with E-state index < -0.39 is 6.10 Å². The minimum absolute atomic E-state index is 0.129. The van der Waals surface area contributed by atoms with Gasteiger partial charge in [-0.25, -0.2) is 4.68 Å². The second kappa shape index (κ2) is 7.45. The molecule has 0 saturated carbocycles. The number of ether oxygens (including phenoxy) is 1. The Morgan fingerprint density at radius 1 is 1.36 bits per heavy atom. The number of carbonyl (C=O) groups excluding carboxylic acids is 1. The fourth-order valence-corrected chi connectivity index (χ4v) is 2.18. The van der Waals surface area contributed by atoms with Crippen LogP contribution in [0.2, 0.25) is 0 Å². The summed E-state index contributed by atoms with van der Waals surface area (Å²) in [6, 6.07) is 9.84. The number of hydrogen-bond acceptors (Lipinski definition) is 3. The first kappa shape index (κ1) is 16.5. The minimum Gasteiger partial charge on any atom is -0.463 e. The maximum Gasteiger partial charge on any atom is 0.261 e. The van der Waals surface area contributed by atoms with Crippen molar-refractivity contribution in [1.29, 1.82) is 0 Å². The number of nitrogens with one attached hydrogen (secondary N) is 1. The Balaban J connectivity index is 2.07. The molecule has 1 N–H and O–H groups in total. The summed E-state index contributed by atoms with van der Waals surface area (Å²) in [5.41, 5.74) is 0.926. The lowest BCUT2D eigenvalue weighted by molar-refractivity contribution is -0.128. The van der Waals surface area contributed by atoms with Gasteiger partial charge in [0.15, 0.2) is 6.10 Å². The van der Waals surface area contributed by atoms with Crippen LogP contribution in [-0.4, -0.2) is 27.8 Å². The molecule has 0 aliphatic rings. The summed E-state index contributed by atoms with van der Waals surface area (Å²) >= 11 is 3.42. The van der Waals surface area contributed by atoms with Crippen LogP contribution >= 0.6 is 15.9 Å². The summed E-state index contributed by atoms with van der Waals surface area (Å²) < 4.78 is 8.08. The van der Waals surface area contributed by atoms with Gasteiger partial charge in [0.1, 0.15) is 0 Å². The smallest absolute Gasteiger partial charge is 0.261 e. The molecule has 0 aliphatic carbocycles. The van der Waals surface area contributed by atoms with Crippen LogP contribution in [0.3, 0.4) is 0 Å². The molecule has 1 amide bonds. The number of aromatic nitrogens is 2. The zero-order chi connectivity index (χ0) is 16.1. The second-order valence-electron chi connectivity index (χ2n) is 5.14. The standard InChI is InChI=1S/C16H20BrN3O2/c1-4-11(2)18-15(21)12(3)22-16-14(17)10-20(19-16)13-8-6-5-7-9-13/h5-12H,4H2,1-3H3,(H,18,21)/t11-,12-/m1/s1. The highest BCUT2D eigenvalue weighted by atomic mass is 79.9. The minimum atomic E-state index is -0.607. The van der Waals surface area contributed by atoms with Crippen molar-refractivity contribution in [2.45, 2.75) is 39.3 Å². The van der Waals surface area contributed by atoms with Crippen LogP contribution in [0, 0.1) is 0 Å². The number of carbonyl (C=O) groups is 1. The molecule has 0 unspecified atom stereocenters. The Kier molecular flexibility index (Phi) is 5.60. The molecule has 2 aromatic rings. The van der Waals surface area contributed by atoms with Crippen molar-refractivity contribution in [1.82, 2.24) is 15.1 Å². The van der Waals surface area contributed by atoms with E-state index in [9.17, 15) is 4.79 Å². The summed E-state index contributed by atoms with van der Waals surface area (Å²) in [4.78, 5) is 12.0. The fraction of sp³-hybridized carbons (Fsp3) is 0.375. The van der Waals surface area contributed by atoms with Crippen LogP contribution in [-0.2, 0) is 4.79 Å². The first-order valence-corrected chi connectivity index (χ1v) is 8.08. The van der Waals surface area contributed by atoms with E-state index in [2.05, 4.69) is 26.3 Å². The SMILES string of the molecule is CC[C@@H](C)NC(=O)[C@@H](C)Oc1nn(-c2ccccc2)cc1Br. The van der Waals surface area contributed by atoms with E-state index >= 15 is 0 Å². The van der Waals surface area contributed by atoms with Crippen molar-refractivity contribution in [2.24, 2.45) is 0 Å². The van der Waals surface area contributed by atoms with Gasteiger partial charge in [0.25, 0.3) is 5.91 Å². The third-order valence-electron chi connectivity index (χ3n) is 3.32. The zero-order valence-corrected chi connectivity index (χ0v) is 14.5. The average molecular weight is 366 g/mol. The second-order valence-corrected chi connectivity index (χ2v) is 5.99. The molecular formula is C16H20BrN3O2. The van der Waals surface area contributed by atoms with Crippen molar-refractivity contribution in [2.75, 3.05) is 0 Å². The van der Waals surface area contributed by atoms with Gasteiger partial charge < -0.3 is 10.1 Å². The molecule has 0 bridgehead atoms. The maximum atomic E-state index is 12.0. The summed E-state index contributed by atoms with van der Waals surface area (Å²) in [5.74, 6) is 0.256. The van der Waals surface area contributed by atoms with Gasteiger partial charge in [-0.05, 0) is 48.3 Å². The summed E-state index contributed by atoms with van der Waals surface area (Å²) in [6.07, 6.45) is 2.08. The quantitative estimate of drug-likeness (QED) is 0.853. The van der Waals surface area contributed by atoms with Gasteiger partial charge in [-0.2, -0.15) is 0 Å². The highest BCUT2D eigenvalue weighted by molar-refractivity contribution is 9.10. The van der Waals surface area contributed by atoms with Crippen molar-refractivity contribution < 1.29 is 9.53 Å². The van der Waals surface area contributed by atoms with Crippen molar-refractivity contribution in [3.8, 4) is 11.6 Å². The van der Waals surface area contributed by atoms with Crippen LogP contribution in [0.4, 0.5) is 0 Å². The van der Waals surface area contributed by atoms with E-state index in [1.165, 1.54) is 0 Å². The highest BCUT2D eigenvalue weighted by Gasteiger charge is 2.19. The molecule has 2 rings (SSSR count). The number of para-hydroxylation sites is 1. The molecule has 0 fully saturated rings. The number of rotatable bonds is 6. The lowest BCUT2D eigenvalue weighted by atomic mass is 10.2. The highest BCUT2D eigenvalue weighted by Crippen LogP contribution is 2.25. The molecule has 0 saturated heterocycles. The lowest BCUT2D eigenvalue weighted by Gasteiger charge is -2.16. The van der Waals surface area contributed by atoms with E-state index in [0.717, 1.165) is 12.1 Å². The van der Waals surface area contributed by atoms with Gasteiger partial charge in [-0.1, -0.05) is 25.1 Å². The first-order chi connectivity index (χ1) is 10.5. The van der Waals surface area contributed by atoms with Crippen LogP contribution < -0.4 is 10.1 Å². The molecule has 2 atom stereocenters. The van der Waals surface area contributed by atoms with Crippen LogP contribution in [0.15, 0.2) is 41.0 Å². The Labute approximate surface area is 138 Å². The Morgan fingerprint density at radius 2 is 2.05 bits per heavy atom. The van der Waals surface area contributed by atoms with Crippen LogP contribution in [0.25, 0.3) is 5.69 Å². The van der Waals surface area contributed by atoms with Gasteiger partial charge in [0, 0.05) is 12.2 Å². The van der Waals surface area contributed by atoms with Crippen LogP contribution in [0.1, 0.15) is 27.2 Å². The molecule has 118 valence electrons. The predicted molar refractivity (Wildman–Crippen MR) is 89.2 cm³/mol. The van der Waals surface area contributed by atoms with E-state index in [1.54, 1.807) is 11.6 Å². The maximum absolute atomic E-state index is 12.0. The third-order valence-corrected chi connectivity index (χ3v) is 3.86. The van der Waals surface area contributed by atoms with Crippen LogP contribution in [0.5, 0.6) is 5.88 Å². The number of hydrogen-bond donors (Lipinski definition) is 1. The molecule has 0 radical (unpaired) electrons. The molecule has 6 heteroatoms. The summed E-state index contributed by atoms with van der Waals surface area (Å²) in [5, 5.41) is 7.26. The van der Waals surface area contributed by atoms with Gasteiger partial charge in [0.05, 0.1) is 10.2 Å².